The van der Waals surface area contributed by atoms with Gasteiger partial charge >= 0.3 is 6.18 Å². The lowest BCUT2D eigenvalue weighted by Crippen LogP contribution is -2.30. The number of aryl methyl sites for hydroxylation is 1. The third kappa shape index (κ3) is 4.74. The third-order valence-corrected chi connectivity index (χ3v) is 3.69. The quantitative estimate of drug-likeness (QED) is 0.876. The van der Waals surface area contributed by atoms with Gasteiger partial charge in [0.05, 0.1) is 5.56 Å². The highest BCUT2D eigenvalue weighted by molar-refractivity contribution is 5.76. The number of amides is 1. The molecule has 3 nitrogen and oxygen atoms in total. The summed E-state index contributed by atoms with van der Waals surface area (Å²) < 4.78 is 38.5. The summed E-state index contributed by atoms with van der Waals surface area (Å²) in [5, 5.41) is 5.99. The molecule has 116 valence electrons. The van der Waals surface area contributed by atoms with Crippen LogP contribution in [0.25, 0.3) is 0 Å². The van der Waals surface area contributed by atoms with Crippen molar-refractivity contribution in [1.29, 1.82) is 0 Å². The number of hydrogen-bond donors (Lipinski definition) is 2. The number of carbonyl (C=O) groups is 1. The molecule has 1 aliphatic heterocycles. The molecule has 1 aromatic carbocycles. The topological polar surface area (TPSA) is 41.1 Å². The lowest BCUT2D eigenvalue weighted by atomic mass is 10.0. The summed E-state index contributed by atoms with van der Waals surface area (Å²) in [6.45, 7) is 2.43. The molecular weight excluding hydrogens is 281 g/mol. The van der Waals surface area contributed by atoms with Gasteiger partial charge in [0.15, 0.2) is 0 Å². The maximum atomic E-state index is 12.8. The van der Waals surface area contributed by atoms with Gasteiger partial charge in [-0.25, -0.2) is 0 Å². The van der Waals surface area contributed by atoms with Crippen molar-refractivity contribution >= 4 is 5.91 Å². The zero-order valence-corrected chi connectivity index (χ0v) is 11.7. The van der Waals surface area contributed by atoms with Gasteiger partial charge in [-0.2, -0.15) is 13.2 Å². The van der Waals surface area contributed by atoms with E-state index in [9.17, 15) is 18.0 Å². The monoisotopic (exact) mass is 300 g/mol. The molecule has 6 heteroatoms. The summed E-state index contributed by atoms with van der Waals surface area (Å²) in [7, 11) is 0. The number of hydrogen-bond acceptors (Lipinski definition) is 2. The van der Waals surface area contributed by atoms with E-state index in [1.165, 1.54) is 12.1 Å². The minimum atomic E-state index is -4.37. The Bertz CT molecular complexity index is 482. The molecule has 1 aromatic rings. The smallest absolute Gasteiger partial charge is 0.356 e. The highest BCUT2D eigenvalue weighted by atomic mass is 19.4. The van der Waals surface area contributed by atoms with Crippen molar-refractivity contribution in [3.05, 3.63) is 35.4 Å². The lowest BCUT2D eigenvalue weighted by Gasteiger charge is -2.13. The second-order valence-electron chi connectivity index (χ2n) is 5.32. The fraction of sp³-hybridized carbons (Fsp3) is 0.533. The molecule has 0 spiro atoms. The Hall–Kier alpha value is -1.56. The molecule has 0 bridgehead atoms. The van der Waals surface area contributed by atoms with E-state index >= 15 is 0 Å². The third-order valence-electron chi connectivity index (χ3n) is 3.69. The second kappa shape index (κ2) is 6.93. The number of benzene rings is 1. The van der Waals surface area contributed by atoms with Gasteiger partial charge in [0.2, 0.25) is 5.91 Å². The summed E-state index contributed by atoms with van der Waals surface area (Å²) in [5.74, 6) is 0.232. The number of halogens is 3. The Morgan fingerprint density at radius 3 is 2.76 bits per heavy atom. The van der Waals surface area contributed by atoms with Crippen LogP contribution in [0.15, 0.2) is 24.3 Å². The fourth-order valence-corrected chi connectivity index (χ4v) is 2.50. The maximum Gasteiger partial charge on any atom is 0.416 e. The molecular formula is C15H19F3N2O. The van der Waals surface area contributed by atoms with Crippen LogP contribution in [-0.4, -0.2) is 25.5 Å². The van der Waals surface area contributed by atoms with E-state index in [0.29, 0.717) is 12.5 Å². The van der Waals surface area contributed by atoms with E-state index in [4.69, 9.17) is 0 Å². The molecule has 1 fully saturated rings. The number of rotatable bonds is 5. The lowest BCUT2D eigenvalue weighted by molar-refractivity contribution is -0.138. The fourth-order valence-electron chi connectivity index (χ4n) is 2.50. The predicted octanol–water partition coefficient (Wildman–Crippen LogP) is 2.36. The average molecular weight is 300 g/mol. The molecule has 1 saturated heterocycles. The van der Waals surface area contributed by atoms with Crippen LogP contribution in [0.5, 0.6) is 0 Å². The Kier molecular flexibility index (Phi) is 5.22. The average Bonchev–Trinajstić information content (AvgIpc) is 2.95. The van der Waals surface area contributed by atoms with Crippen molar-refractivity contribution in [2.45, 2.75) is 25.4 Å². The van der Waals surface area contributed by atoms with Gasteiger partial charge in [0.1, 0.15) is 0 Å². The van der Waals surface area contributed by atoms with Crippen molar-refractivity contribution in [3.8, 4) is 0 Å². The first-order valence-electron chi connectivity index (χ1n) is 7.09. The van der Waals surface area contributed by atoms with E-state index in [0.717, 1.165) is 25.6 Å². The highest BCUT2D eigenvalue weighted by Crippen LogP contribution is 2.32. The normalized spacial score (nSPS) is 18.7. The Balaban J connectivity index is 1.83. The highest BCUT2D eigenvalue weighted by Gasteiger charge is 2.32. The Morgan fingerprint density at radius 1 is 1.33 bits per heavy atom. The van der Waals surface area contributed by atoms with Crippen LogP contribution in [0.2, 0.25) is 0 Å². The predicted molar refractivity (Wildman–Crippen MR) is 73.8 cm³/mol. The van der Waals surface area contributed by atoms with Crippen LogP contribution in [0.3, 0.4) is 0 Å². The first kappa shape index (κ1) is 15.8. The van der Waals surface area contributed by atoms with Crippen LogP contribution < -0.4 is 10.6 Å². The van der Waals surface area contributed by atoms with Gasteiger partial charge in [0.25, 0.3) is 0 Å². The van der Waals surface area contributed by atoms with Crippen LogP contribution >= 0.6 is 0 Å². The Morgan fingerprint density at radius 2 is 2.10 bits per heavy atom. The molecule has 21 heavy (non-hydrogen) atoms. The first-order chi connectivity index (χ1) is 9.97. The summed E-state index contributed by atoms with van der Waals surface area (Å²) >= 11 is 0. The molecule has 1 atom stereocenters. The number of carbonyl (C=O) groups excluding carboxylic acids is 1. The van der Waals surface area contributed by atoms with Crippen molar-refractivity contribution in [1.82, 2.24) is 10.6 Å². The molecule has 1 heterocycles. The minimum absolute atomic E-state index is 0.0766. The molecule has 2 rings (SSSR count). The zero-order valence-electron chi connectivity index (χ0n) is 11.7. The summed E-state index contributed by atoms with van der Waals surface area (Å²) in [4.78, 5) is 11.7. The first-order valence-corrected chi connectivity index (χ1v) is 7.09. The van der Waals surface area contributed by atoms with Gasteiger partial charge in [-0.3, -0.25) is 4.79 Å². The molecule has 1 aliphatic rings. The van der Waals surface area contributed by atoms with Gasteiger partial charge in [-0.05, 0) is 43.5 Å². The van der Waals surface area contributed by atoms with Crippen molar-refractivity contribution in [2.24, 2.45) is 5.92 Å². The van der Waals surface area contributed by atoms with Crippen LogP contribution in [-0.2, 0) is 17.4 Å². The van der Waals surface area contributed by atoms with E-state index in [1.807, 2.05) is 0 Å². The number of nitrogens with one attached hydrogen (secondary N) is 2. The molecule has 1 unspecified atom stereocenters. The molecule has 0 aliphatic carbocycles. The Labute approximate surface area is 121 Å². The molecule has 0 aromatic heterocycles. The van der Waals surface area contributed by atoms with Crippen molar-refractivity contribution < 1.29 is 18.0 Å². The molecule has 1 amide bonds. The SMILES string of the molecule is O=C(CCc1ccccc1C(F)(F)F)NCC1CCNC1. The van der Waals surface area contributed by atoms with Gasteiger partial charge in [0, 0.05) is 13.0 Å². The van der Waals surface area contributed by atoms with E-state index in [2.05, 4.69) is 10.6 Å². The van der Waals surface area contributed by atoms with Gasteiger partial charge in [-0.15, -0.1) is 0 Å². The zero-order chi connectivity index (χ0) is 15.3. The van der Waals surface area contributed by atoms with Gasteiger partial charge in [-0.1, -0.05) is 18.2 Å². The van der Waals surface area contributed by atoms with E-state index in [-0.39, 0.29) is 24.3 Å². The van der Waals surface area contributed by atoms with Crippen molar-refractivity contribution in [3.63, 3.8) is 0 Å². The number of alkyl halides is 3. The summed E-state index contributed by atoms with van der Waals surface area (Å²) in [6.07, 6.45) is -3.17. The molecule has 2 N–H and O–H groups in total. The van der Waals surface area contributed by atoms with Crippen molar-refractivity contribution in [2.75, 3.05) is 19.6 Å². The largest absolute Gasteiger partial charge is 0.416 e. The minimum Gasteiger partial charge on any atom is -0.356 e. The molecule has 0 radical (unpaired) electrons. The van der Waals surface area contributed by atoms with E-state index in [1.54, 1.807) is 6.07 Å². The van der Waals surface area contributed by atoms with Crippen LogP contribution in [0, 0.1) is 5.92 Å². The maximum absolute atomic E-state index is 12.8. The van der Waals surface area contributed by atoms with Gasteiger partial charge < -0.3 is 10.6 Å². The van der Waals surface area contributed by atoms with E-state index < -0.39 is 11.7 Å². The second-order valence-corrected chi connectivity index (χ2v) is 5.32. The molecule has 0 saturated carbocycles. The standard InChI is InChI=1S/C15H19F3N2O/c16-15(17,18)13-4-2-1-3-12(13)5-6-14(21)20-10-11-7-8-19-9-11/h1-4,11,19H,5-10H2,(H,20,21). The van der Waals surface area contributed by atoms with Crippen LogP contribution in [0.4, 0.5) is 13.2 Å². The summed E-state index contributed by atoms with van der Waals surface area (Å²) in [5.41, 5.74) is -0.486. The summed E-state index contributed by atoms with van der Waals surface area (Å²) in [6, 6.07) is 5.40. The van der Waals surface area contributed by atoms with Crippen LogP contribution in [0.1, 0.15) is 24.0 Å².